The summed E-state index contributed by atoms with van der Waals surface area (Å²) in [5, 5.41) is 4.36. The molecule has 26 heavy (non-hydrogen) atoms. The molecule has 0 aliphatic carbocycles. The summed E-state index contributed by atoms with van der Waals surface area (Å²) in [5.41, 5.74) is 2.52. The van der Waals surface area contributed by atoms with Gasteiger partial charge in [-0.25, -0.2) is 0 Å². The van der Waals surface area contributed by atoms with Crippen molar-refractivity contribution >= 4 is 11.8 Å². The van der Waals surface area contributed by atoms with E-state index >= 15 is 0 Å². The lowest BCUT2D eigenvalue weighted by Gasteiger charge is -2.48. The lowest BCUT2D eigenvalue weighted by molar-refractivity contribution is -0.134. The van der Waals surface area contributed by atoms with Gasteiger partial charge in [-0.2, -0.15) is 5.10 Å². The van der Waals surface area contributed by atoms with Crippen molar-refractivity contribution in [2.24, 2.45) is 12.5 Å². The second-order valence-corrected chi connectivity index (χ2v) is 8.50. The Hall–Kier alpha value is -1.89. The number of aryl methyl sites for hydroxylation is 2. The molecule has 142 valence electrons. The van der Waals surface area contributed by atoms with Crippen LogP contribution in [0.5, 0.6) is 0 Å². The van der Waals surface area contributed by atoms with Gasteiger partial charge in [-0.05, 0) is 40.2 Å². The zero-order valence-corrected chi connectivity index (χ0v) is 16.3. The number of aromatic nitrogens is 2. The van der Waals surface area contributed by atoms with Gasteiger partial charge in [0.1, 0.15) is 0 Å². The van der Waals surface area contributed by atoms with E-state index in [9.17, 15) is 9.59 Å². The Kier molecular flexibility index (Phi) is 4.10. The van der Waals surface area contributed by atoms with E-state index in [2.05, 4.69) is 10.00 Å². The minimum Gasteiger partial charge on any atom is -0.341 e. The molecular formula is C19H29N5O2. The fourth-order valence-electron chi connectivity index (χ4n) is 5.07. The number of hydrogen-bond acceptors (Lipinski definition) is 4. The fraction of sp³-hybridized carbons (Fsp3) is 0.737. The molecule has 0 bridgehead atoms. The molecule has 0 radical (unpaired) electrons. The third-order valence-corrected chi connectivity index (χ3v) is 6.51. The van der Waals surface area contributed by atoms with Crippen LogP contribution in [0.4, 0.5) is 0 Å². The first-order valence-electron chi connectivity index (χ1n) is 9.60. The molecule has 0 N–H and O–H groups in total. The van der Waals surface area contributed by atoms with Gasteiger partial charge >= 0.3 is 0 Å². The highest BCUT2D eigenvalue weighted by Gasteiger charge is 2.54. The summed E-state index contributed by atoms with van der Waals surface area (Å²) >= 11 is 0. The summed E-state index contributed by atoms with van der Waals surface area (Å²) in [7, 11) is 3.92. The molecule has 3 aliphatic rings. The van der Waals surface area contributed by atoms with Crippen LogP contribution in [0, 0.1) is 19.3 Å². The maximum atomic E-state index is 12.9. The van der Waals surface area contributed by atoms with Crippen LogP contribution in [0.3, 0.4) is 0 Å². The molecule has 0 aromatic carbocycles. The summed E-state index contributed by atoms with van der Waals surface area (Å²) in [4.78, 5) is 31.9. The summed E-state index contributed by atoms with van der Waals surface area (Å²) in [6.07, 6.45) is 3.12. The highest BCUT2D eigenvalue weighted by Crippen LogP contribution is 2.43. The average molecular weight is 359 g/mol. The van der Waals surface area contributed by atoms with Crippen LogP contribution in [-0.4, -0.2) is 82.1 Å². The lowest BCUT2D eigenvalue weighted by Crippen LogP contribution is -2.59. The Labute approximate surface area is 154 Å². The van der Waals surface area contributed by atoms with E-state index < -0.39 is 0 Å². The molecule has 1 unspecified atom stereocenters. The predicted octanol–water partition coefficient (Wildman–Crippen LogP) is 0.806. The number of likely N-dealkylation sites (tertiary alicyclic amines) is 3. The number of nitrogens with zero attached hydrogens (tertiary/aromatic N) is 5. The monoisotopic (exact) mass is 359 g/mol. The molecule has 7 nitrogen and oxygen atoms in total. The van der Waals surface area contributed by atoms with E-state index in [0.29, 0.717) is 0 Å². The first-order valence-corrected chi connectivity index (χ1v) is 9.60. The smallest absolute Gasteiger partial charge is 0.257 e. The van der Waals surface area contributed by atoms with Gasteiger partial charge in [0.25, 0.3) is 5.91 Å². The molecule has 1 atom stereocenters. The summed E-state index contributed by atoms with van der Waals surface area (Å²) in [6.45, 7) is 8.02. The molecule has 1 spiro atoms. The minimum absolute atomic E-state index is 0.0211. The largest absolute Gasteiger partial charge is 0.341 e. The highest BCUT2D eigenvalue weighted by molar-refractivity contribution is 5.97. The van der Waals surface area contributed by atoms with E-state index in [1.54, 1.807) is 4.68 Å². The van der Waals surface area contributed by atoms with Gasteiger partial charge in [0.2, 0.25) is 5.91 Å². The number of likely N-dealkylation sites (N-methyl/N-ethyl adjacent to an activating group) is 1. The molecule has 3 aliphatic heterocycles. The van der Waals surface area contributed by atoms with Crippen LogP contribution in [-0.2, 0) is 11.8 Å². The SMILES string of the molecule is Cc1nn(C)c(C)c1C(=O)N1CC2(CC(C(=O)N3CCCC3)N(C)C2)C1. The molecule has 0 saturated carbocycles. The van der Waals surface area contributed by atoms with E-state index in [1.807, 2.05) is 37.7 Å². The quantitative estimate of drug-likeness (QED) is 0.784. The number of amides is 2. The number of carbonyl (C=O) groups excluding carboxylic acids is 2. The Bertz CT molecular complexity index is 743. The van der Waals surface area contributed by atoms with Gasteiger partial charge < -0.3 is 9.80 Å². The minimum atomic E-state index is -0.0211. The van der Waals surface area contributed by atoms with Crippen molar-refractivity contribution in [1.29, 1.82) is 0 Å². The standard InChI is InChI=1S/C19H29N5O2/c1-13-16(14(2)22(4)20-13)18(26)24-11-19(12-24)9-15(21(3)10-19)17(25)23-7-5-6-8-23/h15H,5-12H2,1-4H3. The van der Waals surface area contributed by atoms with Crippen LogP contribution in [0.15, 0.2) is 0 Å². The average Bonchev–Trinajstić information content (AvgIpc) is 3.25. The maximum absolute atomic E-state index is 12.9. The molecule has 7 heteroatoms. The summed E-state index contributed by atoms with van der Waals surface area (Å²) in [6, 6.07) is -0.0211. The van der Waals surface area contributed by atoms with E-state index in [1.165, 1.54) is 0 Å². The van der Waals surface area contributed by atoms with Gasteiger partial charge in [-0.15, -0.1) is 0 Å². The van der Waals surface area contributed by atoms with Crippen molar-refractivity contribution < 1.29 is 9.59 Å². The Morgan fingerprint density at radius 2 is 1.69 bits per heavy atom. The molecular weight excluding hydrogens is 330 g/mol. The van der Waals surface area contributed by atoms with Gasteiger partial charge in [0.15, 0.2) is 0 Å². The van der Waals surface area contributed by atoms with Crippen LogP contribution in [0.1, 0.15) is 41.0 Å². The Morgan fingerprint density at radius 3 is 2.27 bits per heavy atom. The topological polar surface area (TPSA) is 61.7 Å². The van der Waals surface area contributed by atoms with Crippen molar-refractivity contribution in [3.05, 3.63) is 17.0 Å². The Balaban J connectivity index is 1.42. The van der Waals surface area contributed by atoms with Crippen molar-refractivity contribution in [3.8, 4) is 0 Å². The third kappa shape index (κ3) is 2.64. The van der Waals surface area contributed by atoms with Gasteiger partial charge in [0, 0.05) is 50.9 Å². The van der Waals surface area contributed by atoms with Crippen LogP contribution >= 0.6 is 0 Å². The lowest BCUT2D eigenvalue weighted by atomic mass is 9.77. The molecule has 3 saturated heterocycles. The predicted molar refractivity (Wildman–Crippen MR) is 97.9 cm³/mol. The molecule has 1 aromatic heterocycles. The van der Waals surface area contributed by atoms with Crippen molar-refractivity contribution in [1.82, 2.24) is 24.5 Å². The third-order valence-electron chi connectivity index (χ3n) is 6.51. The zero-order valence-electron chi connectivity index (χ0n) is 16.3. The molecule has 4 rings (SSSR count). The molecule has 1 aromatic rings. The summed E-state index contributed by atoms with van der Waals surface area (Å²) < 4.78 is 1.77. The van der Waals surface area contributed by atoms with E-state index in [-0.39, 0.29) is 23.3 Å². The van der Waals surface area contributed by atoms with E-state index in [0.717, 1.165) is 68.9 Å². The Morgan fingerprint density at radius 1 is 1.04 bits per heavy atom. The molecule has 4 heterocycles. The molecule has 3 fully saturated rings. The fourth-order valence-corrected chi connectivity index (χ4v) is 5.07. The van der Waals surface area contributed by atoms with Crippen molar-refractivity contribution in [3.63, 3.8) is 0 Å². The first-order chi connectivity index (χ1) is 12.3. The van der Waals surface area contributed by atoms with Crippen molar-refractivity contribution in [2.75, 3.05) is 39.8 Å². The van der Waals surface area contributed by atoms with Crippen LogP contribution in [0.2, 0.25) is 0 Å². The second-order valence-electron chi connectivity index (χ2n) is 8.50. The van der Waals surface area contributed by atoms with Gasteiger partial charge in [-0.1, -0.05) is 0 Å². The zero-order chi connectivity index (χ0) is 18.6. The number of carbonyl (C=O) groups is 2. The van der Waals surface area contributed by atoms with E-state index in [4.69, 9.17) is 0 Å². The number of rotatable bonds is 2. The molecule has 2 amide bonds. The maximum Gasteiger partial charge on any atom is 0.257 e. The number of hydrogen-bond donors (Lipinski definition) is 0. The highest BCUT2D eigenvalue weighted by atomic mass is 16.2. The van der Waals surface area contributed by atoms with Crippen LogP contribution < -0.4 is 0 Å². The first kappa shape index (κ1) is 17.5. The summed E-state index contributed by atoms with van der Waals surface area (Å²) in [5.74, 6) is 0.362. The second kappa shape index (κ2) is 6.08. The van der Waals surface area contributed by atoms with Gasteiger partial charge in [0.05, 0.1) is 17.3 Å². The van der Waals surface area contributed by atoms with Crippen LogP contribution in [0.25, 0.3) is 0 Å². The van der Waals surface area contributed by atoms with Crippen molar-refractivity contribution in [2.45, 2.75) is 39.2 Å². The van der Waals surface area contributed by atoms with Gasteiger partial charge in [-0.3, -0.25) is 19.2 Å². The normalized spacial score (nSPS) is 25.2.